The fraction of sp³-hybridized carbons (Fsp3) is 0.261. The summed E-state index contributed by atoms with van der Waals surface area (Å²) in [6.45, 7) is 7.55. The van der Waals surface area contributed by atoms with E-state index in [1.54, 1.807) is 13.8 Å². The first-order valence-corrected chi connectivity index (χ1v) is 11.6. The highest BCUT2D eigenvalue weighted by Crippen LogP contribution is 2.60. The topological polar surface area (TPSA) is 62.2 Å². The van der Waals surface area contributed by atoms with Crippen LogP contribution in [0.2, 0.25) is 0 Å². The molecule has 2 aromatic carbocycles. The van der Waals surface area contributed by atoms with Crippen molar-refractivity contribution in [1.29, 1.82) is 0 Å². The fourth-order valence-electron chi connectivity index (χ4n) is 3.63. The summed E-state index contributed by atoms with van der Waals surface area (Å²) in [5, 5.41) is 6.78. The Morgan fingerprint density at radius 3 is 2.39 bits per heavy atom. The number of hydrogen-bond donors (Lipinski definition) is 0. The molecule has 2 aliphatic rings. The minimum atomic E-state index is -0.900. The van der Waals surface area contributed by atoms with E-state index in [9.17, 15) is 9.59 Å². The number of benzene rings is 2. The van der Waals surface area contributed by atoms with Crippen molar-refractivity contribution in [3.8, 4) is 0 Å². The summed E-state index contributed by atoms with van der Waals surface area (Å²) in [5.41, 5.74) is 3.64. The molecule has 4 rings (SSSR count). The molecule has 1 spiro atoms. The molecule has 0 amide bonds. The Labute approximate surface area is 190 Å². The quantitative estimate of drug-likeness (QED) is 0.583. The molecule has 0 saturated carbocycles. The molecular formula is C23H23N3O3S2. The predicted octanol–water partition coefficient (Wildman–Crippen LogP) is 5.11. The van der Waals surface area contributed by atoms with Crippen LogP contribution in [-0.4, -0.2) is 27.7 Å². The maximum atomic E-state index is 12.7. The first kappa shape index (κ1) is 21.5. The van der Waals surface area contributed by atoms with Crippen LogP contribution in [0.25, 0.3) is 0 Å². The standard InChI is InChI=1S/C23H23N3O3S2/c1-5-29-22(28)21-24-26(19-13-9-10-15(2)14-19)23(31-21)25(18-11-7-6-8-12-18)16(3)20(30-23)17(4)27/h6-14H,5H2,1-4H3/t23-/m1/s1. The van der Waals surface area contributed by atoms with Crippen molar-refractivity contribution in [1.82, 2.24) is 0 Å². The van der Waals surface area contributed by atoms with E-state index in [4.69, 9.17) is 9.84 Å². The number of thioether (sulfide) groups is 2. The molecule has 31 heavy (non-hydrogen) atoms. The average molecular weight is 454 g/mol. The Balaban J connectivity index is 1.90. The maximum Gasteiger partial charge on any atom is 0.365 e. The van der Waals surface area contributed by atoms with Gasteiger partial charge in [0, 0.05) is 11.4 Å². The second-order valence-corrected chi connectivity index (χ2v) is 9.77. The summed E-state index contributed by atoms with van der Waals surface area (Å²) in [4.78, 5) is 27.9. The zero-order valence-corrected chi connectivity index (χ0v) is 19.4. The van der Waals surface area contributed by atoms with Crippen LogP contribution in [0.15, 0.2) is 70.3 Å². The molecule has 0 aliphatic carbocycles. The van der Waals surface area contributed by atoms with Crippen LogP contribution in [0.3, 0.4) is 0 Å². The summed E-state index contributed by atoms with van der Waals surface area (Å²) < 4.78 is 4.35. The normalized spacial score (nSPS) is 20.5. The Kier molecular flexibility index (Phi) is 5.85. The van der Waals surface area contributed by atoms with E-state index in [-0.39, 0.29) is 17.4 Å². The fourth-order valence-corrected chi connectivity index (χ4v) is 6.58. The van der Waals surface area contributed by atoms with Gasteiger partial charge in [0.25, 0.3) is 0 Å². The average Bonchev–Trinajstić information content (AvgIpc) is 3.27. The number of ketones is 1. The molecule has 0 aromatic heterocycles. The molecule has 0 saturated heterocycles. The highest BCUT2D eigenvalue weighted by atomic mass is 32.2. The Morgan fingerprint density at radius 2 is 1.74 bits per heavy atom. The third kappa shape index (κ3) is 3.74. The summed E-state index contributed by atoms with van der Waals surface area (Å²) in [7, 11) is 0. The number of aryl methyl sites for hydroxylation is 1. The second-order valence-electron chi connectivity index (χ2n) is 7.17. The number of allylic oxidation sites excluding steroid dienone is 2. The van der Waals surface area contributed by atoms with Gasteiger partial charge in [-0.3, -0.25) is 4.79 Å². The van der Waals surface area contributed by atoms with Gasteiger partial charge in [-0.25, -0.2) is 9.80 Å². The number of hydrazone groups is 1. The van der Waals surface area contributed by atoms with Crippen molar-refractivity contribution in [3.05, 3.63) is 70.8 Å². The van der Waals surface area contributed by atoms with Gasteiger partial charge >= 0.3 is 5.97 Å². The monoisotopic (exact) mass is 453 g/mol. The van der Waals surface area contributed by atoms with Gasteiger partial charge in [0.15, 0.2) is 5.78 Å². The van der Waals surface area contributed by atoms with Crippen molar-refractivity contribution < 1.29 is 14.3 Å². The lowest BCUT2D eigenvalue weighted by atomic mass is 10.2. The van der Waals surface area contributed by atoms with Gasteiger partial charge < -0.3 is 9.64 Å². The molecule has 160 valence electrons. The predicted molar refractivity (Wildman–Crippen MR) is 128 cm³/mol. The lowest BCUT2D eigenvalue weighted by molar-refractivity contribution is -0.134. The van der Waals surface area contributed by atoms with Gasteiger partial charge in [0.2, 0.25) is 9.37 Å². The highest BCUT2D eigenvalue weighted by molar-refractivity contribution is 8.29. The molecular weight excluding hydrogens is 430 g/mol. The van der Waals surface area contributed by atoms with E-state index in [1.165, 1.54) is 23.5 Å². The number of rotatable bonds is 5. The summed E-state index contributed by atoms with van der Waals surface area (Å²) in [6, 6.07) is 17.8. The van der Waals surface area contributed by atoms with E-state index >= 15 is 0 Å². The second kappa shape index (κ2) is 8.43. The molecule has 0 bridgehead atoms. The van der Waals surface area contributed by atoms with E-state index in [2.05, 4.69) is 4.90 Å². The summed E-state index contributed by atoms with van der Waals surface area (Å²) in [5.74, 6) is -0.487. The molecule has 2 heterocycles. The Morgan fingerprint density at radius 1 is 1.03 bits per heavy atom. The SMILES string of the molecule is CCOC(=O)C1=NN(c2cccc(C)c2)[C@@]2(S1)SC(C(C)=O)=C(C)N2c1ccccc1. The minimum absolute atomic E-state index is 0.0188. The van der Waals surface area contributed by atoms with Crippen LogP contribution in [0, 0.1) is 6.92 Å². The highest BCUT2D eigenvalue weighted by Gasteiger charge is 2.57. The maximum absolute atomic E-state index is 12.7. The number of hydrogen-bond acceptors (Lipinski definition) is 8. The van der Waals surface area contributed by atoms with Crippen LogP contribution in [0.5, 0.6) is 0 Å². The minimum Gasteiger partial charge on any atom is -0.461 e. The van der Waals surface area contributed by atoms with Gasteiger partial charge in [-0.15, -0.1) is 0 Å². The third-order valence-electron chi connectivity index (χ3n) is 4.90. The zero-order chi connectivity index (χ0) is 22.2. The molecule has 0 unspecified atom stereocenters. The van der Waals surface area contributed by atoms with Crippen molar-refractivity contribution in [3.63, 3.8) is 0 Å². The third-order valence-corrected chi connectivity index (χ3v) is 7.87. The molecule has 8 heteroatoms. The number of esters is 1. The van der Waals surface area contributed by atoms with Crippen molar-refractivity contribution >= 4 is 51.7 Å². The van der Waals surface area contributed by atoms with E-state index in [0.29, 0.717) is 4.91 Å². The molecule has 6 nitrogen and oxygen atoms in total. The van der Waals surface area contributed by atoms with Gasteiger partial charge in [-0.2, -0.15) is 5.10 Å². The zero-order valence-electron chi connectivity index (χ0n) is 17.8. The lowest BCUT2D eigenvalue weighted by Crippen LogP contribution is -2.49. The van der Waals surface area contributed by atoms with Crippen LogP contribution in [0.4, 0.5) is 11.4 Å². The van der Waals surface area contributed by atoms with E-state index in [1.807, 2.05) is 73.5 Å². The number of anilines is 2. The molecule has 0 radical (unpaired) electrons. The van der Waals surface area contributed by atoms with Crippen LogP contribution in [0.1, 0.15) is 26.3 Å². The number of Topliss-reactive ketones (excluding diaryl/α,β-unsaturated/α-hetero) is 1. The molecule has 0 fully saturated rings. The van der Waals surface area contributed by atoms with Gasteiger partial charge in [0.05, 0.1) is 17.2 Å². The van der Waals surface area contributed by atoms with Crippen molar-refractivity contribution in [2.24, 2.45) is 5.10 Å². The smallest absolute Gasteiger partial charge is 0.365 e. The van der Waals surface area contributed by atoms with Crippen LogP contribution >= 0.6 is 23.5 Å². The first-order chi connectivity index (χ1) is 14.9. The number of para-hydroxylation sites is 1. The molecule has 2 aliphatic heterocycles. The number of carbonyl (C=O) groups is 2. The summed E-state index contributed by atoms with van der Waals surface area (Å²) >= 11 is 2.71. The van der Waals surface area contributed by atoms with Crippen molar-refractivity contribution in [2.75, 3.05) is 16.5 Å². The van der Waals surface area contributed by atoms with Crippen molar-refractivity contribution in [2.45, 2.75) is 32.0 Å². The van der Waals surface area contributed by atoms with Crippen LogP contribution < -0.4 is 9.91 Å². The molecule has 1 atom stereocenters. The van der Waals surface area contributed by atoms with Crippen LogP contribution in [-0.2, 0) is 14.3 Å². The lowest BCUT2D eigenvalue weighted by Gasteiger charge is -2.41. The first-order valence-electron chi connectivity index (χ1n) is 9.95. The van der Waals surface area contributed by atoms with E-state index < -0.39 is 10.3 Å². The largest absolute Gasteiger partial charge is 0.461 e. The number of ether oxygens (including phenoxy) is 1. The number of nitrogens with zero attached hydrogens (tertiary/aromatic N) is 3. The van der Waals surface area contributed by atoms with Gasteiger partial charge in [-0.05, 0) is 69.3 Å². The van der Waals surface area contributed by atoms with E-state index in [0.717, 1.165) is 22.6 Å². The molecule has 2 aromatic rings. The summed E-state index contributed by atoms with van der Waals surface area (Å²) in [6.07, 6.45) is 0. The Hall–Kier alpha value is -2.71. The number of carbonyl (C=O) groups excluding carboxylic acids is 2. The Bertz CT molecular complexity index is 1100. The van der Waals surface area contributed by atoms with Gasteiger partial charge in [0.1, 0.15) is 0 Å². The molecule has 0 N–H and O–H groups in total. The van der Waals surface area contributed by atoms with Gasteiger partial charge in [-0.1, -0.05) is 42.1 Å².